The van der Waals surface area contributed by atoms with Crippen LogP contribution in [0.4, 0.5) is 0 Å². The summed E-state index contributed by atoms with van der Waals surface area (Å²) in [5, 5.41) is 8.43. The van der Waals surface area contributed by atoms with Gasteiger partial charge in [-0.05, 0) is 25.7 Å². The summed E-state index contributed by atoms with van der Waals surface area (Å²) >= 11 is 5.89. The molecule has 0 aromatic carbocycles. The Labute approximate surface area is 95.8 Å². The SMILES string of the molecule is CC(C)C(C)n1nnc(CCl)c1C1CC1. The van der Waals surface area contributed by atoms with Gasteiger partial charge in [-0.1, -0.05) is 19.1 Å². The fourth-order valence-electron chi connectivity index (χ4n) is 1.79. The Morgan fingerprint density at radius 2 is 2.07 bits per heavy atom. The molecule has 0 aliphatic heterocycles. The standard InChI is InChI=1S/C11H18ClN3/c1-7(2)8(3)15-11(9-4-5-9)10(6-12)13-14-15/h7-9H,4-6H2,1-3H3. The monoisotopic (exact) mass is 227 g/mol. The van der Waals surface area contributed by atoms with Crippen LogP contribution >= 0.6 is 11.6 Å². The van der Waals surface area contributed by atoms with Crippen molar-refractivity contribution in [2.45, 2.75) is 51.5 Å². The minimum Gasteiger partial charge on any atom is -0.246 e. The van der Waals surface area contributed by atoms with E-state index in [1.165, 1.54) is 18.5 Å². The van der Waals surface area contributed by atoms with Crippen molar-refractivity contribution >= 4 is 11.6 Å². The van der Waals surface area contributed by atoms with E-state index in [0.717, 1.165) is 5.69 Å². The van der Waals surface area contributed by atoms with Gasteiger partial charge >= 0.3 is 0 Å². The van der Waals surface area contributed by atoms with Gasteiger partial charge in [-0.2, -0.15) is 0 Å². The molecule has 3 nitrogen and oxygen atoms in total. The van der Waals surface area contributed by atoms with Crippen molar-refractivity contribution in [1.82, 2.24) is 15.0 Å². The van der Waals surface area contributed by atoms with E-state index >= 15 is 0 Å². The minimum atomic E-state index is 0.407. The van der Waals surface area contributed by atoms with E-state index in [2.05, 4.69) is 35.8 Å². The van der Waals surface area contributed by atoms with Gasteiger partial charge in [0.25, 0.3) is 0 Å². The third kappa shape index (κ3) is 2.03. The van der Waals surface area contributed by atoms with Crippen molar-refractivity contribution in [3.05, 3.63) is 11.4 Å². The summed E-state index contributed by atoms with van der Waals surface area (Å²) in [6.07, 6.45) is 2.53. The van der Waals surface area contributed by atoms with E-state index in [0.29, 0.717) is 23.8 Å². The molecule has 1 aliphatic carbocycles. The van der Waals surface area contributed by atoms with Gasteiger partial charge in [-0.15, -0.1) is 16.7 Å². The van der Waals surface area contributed by atoms with Crippen LogP contribution in [0.3, 0.4) is 0 Å². The van der Waals surface area contributed by atoms with Gasteiger partial charge < -0.3 is 0 Å². The highest BCUT2D eigenvalue weighted by atomic mass is 35.5. The molecule has 15 heavy (non-hydrogen) atoms. The lowest BCUT2D eigenvalue weighted by Crippen LogP contribution is -2.15. The Balaban J connectivity index is 2.33. The average molecular weight is 228 g/mol. The number of alkyl halides is 1. The molecule has 1 atom stereocenters. The predicted molar refractivity (Wildman–Crippen MR) is 61.1 cm³/mol. The molecule has 1 aromatic heterocycles. The molecule has 1 fully saturated rings. The number of hydrogen-bond acceptors (Lipinski definition) is 2. The molecule has 1 unspecified atom stereocenters. The van der Waals surface area contributed by atoms with Crippen LogP contribution in [0, 0.1) is 5.92 Å². The minimum absolute atomic E-state index is 0.407. The topological polar surface area (TPSA) is 30.7 Å². The quantitative estimate of drug-likeness (QED) is 0.740. The average Bonchev–Trinajstić information content (AvgIpc) is 2.96. The van der Waals surface area contributed by atoms with E-state index < -0.39 is 0 Å². The third-order valence-electron chi connectivity index (χ3n) is 3.25. The van der Waals surface area contributed by atoms with Crippen molar-refractivity contribution in [2.24, 2.45) is 5.92 Å². The smallest absolute Gasteiger partial charge is 0.101 e. The fourth-order valence-corrected chi connectivity index (χ4v) is 1.98. The lowest BCUT2D eigenvalue weighted by molar-refractivity contribution is 0.358. The maximum atomic E-state index is 5.89. The molecular formula is C11H18ClN3. The Kier molecular flexibility index (Phi) is 3.01. The molecule has 1 saturated carbocycles. The van der Waals surface area contributed by atoms with Gasteiger partial charge in [-0.3, -0.25) is 0 Å². The zero-order valence-corrected chi connectivity index (χ0v) is 10.3. The van der Waals surface area contributed by atoms with Gasteiger partial charge in [0.15, 0.2) is 0 Å². The van der Waals surface area contributed by atoms with Crippen molar-refractivity contribution in [2.75, 3.05) is 0 Å². The molecule has 0 amide bonds. The molecule has 1 aliphatic rings. The van der Waals surface area contributed by atoms with Crippen LogP contribution in [0.15, 0.2) is 0 Å². The van der Waals surface area contributed by atoms with E-state index in [1.807, 2.05) is 0 Å². The number of hydrogen-bond donors (Lipinski definition) is 0. The van der Waals surface area contributed by atoms with Crippen LogP contribution in [-0.4, -0.2) is 15.0 Å². The molecule has 1 heterocycles. The fraction of sp³-hybridized carbons (Fsp3) is 0.818. The normalized spacial score (nSPS) is 18.5. The maximum Gasteiger partial charge on any atom is 0.101 e. The van der Waals surface area contributed by atoms with Crippen LogP contribution in [-0.2, 0) is 5.88 Å². The van der Waals surface area contributed by atoms with Gasteiger partial charge in [0.05, 0.1) is 17.6 Å². The molecule has 0 saturated heterocycles. The number of nitrogens with zero attached hydrogens (tertiary/aromatic N) is 3. The second kappa shape index (κ2) is 4.12. The second-order valence-corrected chi connectivity index (χ2v) is 5.03. The highest BCUT2D eigenvalue weighted by molar-refractivity contribution is 6.16. The molecular weight excluding hydrogens is 210 g/mol. The van der Waals surface area contributed by atoms with Crippen molar-refractivity contribution in [3.63, 3.8) is 0 Å². The predicted octanol–water partition coefficient (Wildman–Crippen LogP) is 3.11. The molecule has 0 radical (unpaired) electrons. The van der Waals surface area contributed by atoms with Crippen molar-refractivity contribution in [1.29, 1.82) is 0 Å². The molecule has 0 bridgehead atoms. The van der Waals surface area contributed by atoms with Gasteiger partial charge in [-0.25, -0.2) is 4.68 Å². The molecule has 1 aromatic rings. The van der Waals surface area contributed by atoms with Crippen LogP contribution in [0.25, 0.3) is 0 Å². The summed E-state index contributed by atoms with van der Waals surface area (Å²) < 4.78 is 2.08. The van der Waals surface area contributed by atoms with Crippen LogP contribution in [0.5, 0.6) is 0 Å². The van der Waals surface area contributed by atoms with Crippen LogP contribution in [0.1, 0.15) is 57.0 Å². The highest BCUT2D eigenvalue weighted by Gasteiger charge is 2.32. The zero-order chi connectivity index (χ0) is 11.0. The van der Waals surface area contributed by atoms with Gasteiger partial charge in [0.2, 0.25) is 0 Å². The molecule has 2 rings (SSSR count). The number of aromatic nitrogens is 3. The number of rotatable bonds is 4. The number of halogens is 1. The summed E-state index contributed by atoms with van der Waals surface area (Å²) in [5.74, 6) is 1.72. The summed E-state index contributed by atoms with van der Waals surface area (Å²) in [7, 11) is 0. The van der Waals surface area contributed by atoms with Gasteiger partial charge in [0, 0.05) is 5.92 Å². The lowest BCUT2D eigenvalue weighted by Gasteiger charge is -2.18. The highest BCUT2D eigenvalue weighted by Crippen LogP contribution is 2.42. The van der Waals surface area contributed by atoms with E-state index in [9.17, 15) is 0 Å². The molecule has 84 valence electrons. The first kappa shape index (κ1) is 10.9. The Hall–Kier alpha value is -0.570. The van der Waals surface area contributed by atoms with Crippen molar-refractivity contribution in [3.8, 4) is 0 Å². The summed E-state index contributed by atoms with van der Waals surface area (Å²) in [6, 6.07) is 0.407. The lowest BCUT2D eigenvalue weighted by atomic mass is 10.1. The summed E-state index contributed by atoms with van der Waals surface area (Å²) in [6.45, 7) is 6.62. The third-order valence-corrected chi connectivity index (χ3v) is 3.50. The molecule has 0 N–H and O–H groups in total. The van der Waals surface area contributed by atoms with Gasteiger partial charge in [0.1, 0.15) is 5.69 Å². The second-order valence-electron chi connectivity index (χ2n) is 4.76. The first-order chi connectivity index (χ1) is 7.15. The van der Waals surface area contributed by atoms with E-state index in [4.69, 9.17) is 11.6 Å². The zero-order valence-electron chi connectivity index (χ0n) is 9.57. The van der Waals surface area contributed by atoms with E-state index in [-0.39, 0.29) is 0 Å². The largest absolute Gasteiger partial charge is 0.246 e. The first-order valence-corrected chi connectivity index (χ1v) is 6.18. The Bertz CT molecular complexity index is 342. The summed E-state index contributed by atoms with van der Waals surface area (Å²) in [4.78, 5) is 0. The van der Waals surface area contributed by atoms with Crippen LogP contribution in [0.2, 0.25) is 0 Å². The molecule has 4 heteroatoms. The Morgan fingerprint density at radius 1 is 1.40 bits per heavy atom. The maximum absolute atomic E-state index is 5.89. The van der Waals surface area contributed by atoms with E-state index in [1.54, 1.807) is 0 Å². The summed E-state index contributed by atoms with van der Waals surface area (Å²) in [5.41, 5.74) is 2.26. The van der Waals surface area contributed by atoms with Crippen molar-refractivity contribution < 1.29 is 0 Å². The molecule has 0 spiro atoms. The first-order valence-electron chi connectivity index (χ1n) is 5.65. The Morgan fingerprint density at radius 3 is 2.53 bits per heavy atom. The van der Waals surface area contributed by atoms with Crippen LogP contribution < -0.4 is 0 Å².